The minimum Gasteiger partial charge on any atom is -0.379 e. The normalized spacial score (nSPS) is 21.2. The lowest BCUT2D eigenvalue weighted by Gasteiger charge is -2.35. The molecule has 1 aromatic heterocycles. The van der Waals surface area contributed by atoms with E-state index in [1.54, 1.807) is 0 Å². The summed E-state index contributed by atoms with van der Waals surface area (Å²) in [6.07, 6.45) is 0.454. The highest BCUT2D eigenvalue weighted by atomic mass is 16.5. The number of aromatic amines is 2. The van der Waals surface area contributed by atoms with E-state index in [0.29, 0.717) is 12.2 Å². The number of ether oxygens (including phenoxy) is 1. The Hall–Kier alpha value is -2.38. The van der Waals surface area contributed by atoms with E-state index in [2.05, 4.69) is 40.1 Å². The lowest BCUT2D eigenvalue weighted by atomic mass is 10.1. The van der Waals surface area contributed by atoms with Crippen LogP contribution in [0.3, 0.4) is 0 Å². The number of hydrogen-bond acceptors (Lipinski definition) is 5. The lowest BCUT2D eigenvalue weighted by Crippen LogP contribution is -2.44. The van der Waals surface area contributed by atoms with Crippen molar-refractivity contribution >= 4 is 5.69 Å². The fourth-order valence-corrected chi connectivity index (χ4v) is 3.29. The zero-order valence-corrected chi connectivity index (χ0v) is 14.5. The van der Waals surface area contributed by atoms with Crippen LogP contribution in [0.1, 0.15) is 25.1 Å². The first-order valence-corrected chi connectivity index (χ1v) is 8.51. The van der Waals surface area contributed by atoms with E-state index >= 15 is 0 Å². The summed E-state index contributed by atoms with van der Waals surface area (Å²) >= 11 is 0. The summed E-state index contributed by atoms with van der Waals surface area (Å²) in [5.74, 6) is 0. The van der Waals surface area contributed by atoms with Crippen molar-refractivity contribution in [3.63, 3.8) is 0 Å². The summed E-state index contributed by atoms with van der Waals surface area (Å²) in [5.41, 5.74) is 1.84. The van der Waals surface area contributed by atoms with Gasteiger partial charge in [-0.25, -0.2) is 4.79 Å². The molecule has 0 saturated carbocycles. The fourth-order valence-electron chi connectivity index (χ4n) is 3.29. The second kappa shape index (κ2) is 7.67. The standard InChI is InChI=1S/C18H24N4O3/c1-12-9-22(10-13(2)25-12)11-14-5-3-4-6-16(14)19-8-15-7-17(23)21-18(24)20-15/h3-7,12-13,19H,8-11H2,1-2H3,(H2,20,21,23,24). The van der Waals surface area contributed by atoms with Crippen LogP contribution < -0.4 is 16.6 Å². The monoisotopic (exact) mass is 344 g/mol. The first-order valence-electron chi connectivity index (χ1n) is 8.51. The van der Waals surface area contributed by atoms with E-state index in [9.17, 15) is 9.59 Å². The molecular formula is C18H24N4O3. The van der Waals surface area contributed by atoms with Gasteiger partial charge in [0.1, 0.15) is 0 Å². The summed E-state index contributed by atoms with van der Waals surface area (Å²) in [6.45, 7) is 7.20. The van der Waals surface area contributed by atoms with Gasteiger partial charge in [0, 0.05) is 37.1 Å². The average Bonchev–Trinajstić information content (AvgIpc) is 2.52. The molecule has 1 saturated heterocycles. The van der Waals surface area contributed by atoms with Crippen molar-refractivity contribution in [1.82, 2.24) is 14.9 Å². The molecule has 2 unspecified atom stereocenters. The number of nitrogens with zero attached hydrogens (tertiary/aromatic N) is 1. The predicted molar refractivity (Wildman–Crippen MR) is 96.7 cm³/mol. The Morgan fingerprint density at radius 1 is 1.16 bits per heavy atom. The molecule has 1 aromatic carbocycles. The number of morpholine rings is 1. The van der Waals surface area contributed by atoms with Gasteiger partial charge >= 0.3 is 5.69 Å². The number of anilines is 1. The van der Waals surface area contributed by atoms with Gasteiger partial charge in [0.2, 0.25) is 0 Å². The highest BCUT2D eigenvalue weighted by Crippen LogP contribution is 2.20. The highest BCUT2D eigenvalue weighted by Gasteiger charge is 2.22. The molecule has 2 heterocycles. The van der Waals surface area contributed by atoms with Crippen LogP contribution in [0.4, 0.5) is 5.69 Å². The van der Waals surface area contributed by atoms with E-state index in [1.165, 1.54) is 11.6 Å². The molecule has 25 heavy (non-hydrogen) atoms. The molecule has 0 spiro atoms. The number of aromatic nitrogens is 2. The van der Waals surface area contributed by atoms with Crippen LogP contribution in [-0.2, 0) is 17.8 Å². The van der Waals surface area contributed by atoms with Gasteiger partial charge < -0.3 is 15.0 Å². The highest BCUT2D eigenvalue weighted by molar-refractivity contribution is 5.51. The Morgan fingerprint density at radius 2 is 1.88 bits per heavy atom. The van der Waals surface area contributed by atoms with E-state index in [1.807, 2.05) is 18.2 Å². The number of para-hydroxylation sites is 1. The molecule has 0 bridgehead atoms. The summed E-state index contributed by atoms with van der Waals surface area (Å²) < 4.78 is 5.79. The van der Waals surface area contributed by atoms with E-state index in [0.717, 1.165) is 25.3 Å². The third-order valence-electron chi connectivity index (χ3n) is 4.19. The molecule has 2 aromatic rings. The van der Waals surface area contributed by atoms with Crippen LogP contribution in [0.15, 0.2) is 39.9 Å². The first kappa shape index (κ1) is 17.4. The first-order chi connectivity index (χ1) is 12.0. The topological polar surface area (TPSA) is 90.2 Å². The largest absolute Gasteiger partial charge is 0.379 e. The zero-order valence-electron chi connectivity index (χ0n) is 14.5. The van der Waals surface area contributed by atoms with Crippen molar-refractivity contribution in [2.24, 2.45) is 0 Å². The number of nitrogens with one attached hydrogen (secondary N) is 3. The maximum Gasteiger partial charge on any atom is 0.325 e. The molecule has 3 N–H and O–H groups in total. The van der Waals surface area contributed by atoms with Crippen LogP contribution in [-0.4, -0.2) is 40.2 Å². The molecule has 3 rings (SSSR count). The van der Waals surface area contributed by atoms with Crippen molar-refractivity contribution < 1.29 is 4.74 Å². The third-order valence-corrected chi connectivity index (χ3v) is 4.19. The number of hydrogen-bond donors (Lipinski definition) is 3. The number of H-pyrrole nitrogens is 2. The minimum atomic E-state index is -0.492. The zero-order chi connectivity index (χ0) is 17.8. The van der Waals surface area contributed by atoms with Crippen molar-refractivity contribution in [3.05, 3.63) is 62.4 Å². The van der Waals surface area contributed by atoms with Crippen molar-refractivity contribution in [2.45, 2.75) is 39.1 Å². The van der Waals surface area contributed by atoms with Gasteiger partial charge in [-0.1, -0.05) is 18.2 Å². The Labute approximate surface area is 146 Å². The van der Waals surface area contributed by atoms with Crippen LogP contribution in [0, 0.1) is 0 Å². The van der Waals surface area contributed by atoms with Crippen LogP contribution >= 0.6 is 0 Å². The Balaban J connectivity index is 1.70. The molecule has 1 fully saturated rings. The van der Waals surface area contributed by atoms with Gasteiger partial charge in [0.25, 0.3) is 5.56 Å². The Morgan fingerprint density at radius 3 is 2.60 bits per heavy atom. The van der Waals surface area contributed by atoms with E-state index in [-0.39, 0.29) is 12.2 Å². The molecule has 7 heteroatoms. The van der Waals surface area contributed by atoms with Gasteiger partial charge in [-0.15, -0.1) is 0 Å². The fraction of sp³-hybridized carbons (Fsp3) is 0.444. The number of benzene rings is 1. The second-order valence-corrected chi connectivity index (χ2v) is 6.58. The maximum absolute atomic E-state index is 11.4. The van der Waals surface area contributed by atoms with Crippen molar-refractivity contribution in [2.75, 3.05) is 18.4 Å². The van der Waals surface area contributed by atoms with Crippen LogP contribution in [0.2, 0.25) is 0 Å². The van der Waals surface area contributed by atoms with Crippen LogP contribution in [0.5, 0.6) is 0 Å². The molecular weight excluding hydrogens is 320 g/mol. The van der Waals surface area contributed by atoms with Gasteiger partial charge in [0.05, 0.1) is 18.8 Å². The van der Waals surface area contributed by atoms with Gasteiger partial charge in [-0.2, -0.15) is 0 Å². The summed E-state index contributed by atoms with van der Waals surface area (Å²) in [6, 6.07) is 9.48. The molecule has 0 amide bonds. The van der Waals surface area contributed by atoms with Crippen molar-refractivity contribution in [1.29, 1.82) is 0 Å². The quantitative estimate of drug-likeness (QED) is 0.760. The average molecular weight is 344 g/mol. The molecule has 1 aliphatic rings. The predicted octanol–water partition coefficient (Wildman–Crippen LogP) is 1.28. The molecule has 1 aliphatic heterocycles. The lowest BCUT2D eigenvalue weighted by molar-refractivity contribution is -0.0704. The van der Waals surface area contributed by atoms with Gasteiger partial charge in [-0.05, 0) is 25.5 Å². The Bertz CT molecular complexity index is 791. The molecule has 7 nitrogen and oxygen atoms in total. The number of rotatable bonds is 5. The van der Waals surface area contributed by atoms with Gasteiger partial charge in [0.15, 0.2) is 0 Å². The second-order valence-electron chi connectivity index (χ2n) is 6.58. The van der Waals surface area contributed by atoms with Crippen molar-refractivity contribution in [3.8, 4) is 0 Å². The summed E-state index contributed by atoms with van der Waals surface area (Å²) in [7, 11) is 0. The smallest absolute Gasteiger partial charge is 0.325 e. The Kier molecular flexibility index (Phi) is 5.35. The molecule has 134 valence electrons. The summed E-state index contributed by atoms with van der Waals surface area (Å²) in [4.78, 5) is 29.9. The third kappa shape index (κ3) is 4.80. The maximum atomic E-state index is 11.4. The van der Waals surface area contributed by atoms with E-state index in [4.69, 9.17) is 4.74 Å². The SMILES string of the molecule is CC1CN(Cc2ccccc2NCc2cc(=O)[nH]c(=O)[nH]2)CC(C)O1. The molecule has 0 aliphatic carbocycles. The van der Waals surface area contributed by atoms with Crippen LogP contribution in [0.25, 0.3) is 0 Å². The molecule has 0 radical (unpaired) electrons. The van der Waals surface area contributed by atoms with Gasteiger partial charge in [-0.3, -0.25) is 14.7 Å². The van der Waals surface area contributed by atoms with E-state index < -0.39 is 11.2 Å². The summed E-state index contributed by atoms with van der Waals surface area (Å²) in [5, 5.41) is 3.32. The molecule has 2 atom stereocenters. The minimum absolute atomic E-state index is 0.227.